The molecule has 1 saturated carbocycles. The molecule has 1 atom stereocenters. The van der Waals surface area contributed by atoms with Crippen LogP contribution in [-0.4, -0.2) is 36.8 Å². The van der Waals surface area contributed by atoms with Gasteiger partial charge in [-0.05, 0) is 48.6 Å². The normalized spacial score (nSPS) is 21.6. The van der Waals surface area contributed by atoms with Gasteiger partial charge in [0, 0.05) is 0 Å². The lowest BCUT2D eigenvalue weighted by Crippen LogP contribution is -2.60. The highest BCUT2D eigenvalue weighted by molar-refractivity contribution is 5.25. The zero-order valence-electron chi connectivity index (χ0n) is 20.0. The summed E-state index contributed by atoms with van der Waals surface area (Å²) in [6.07, 6.45) is -11.4. The minimum Gasteiger partial charge on any atom is -0.370 e. The SMILES string of the molecule is CCCCCC1CCC(c2ccc(COCC(F)(OC(F)(F)C(F)(F)C(F)(F)F)C(F)(F)F)cc2)CC1. The Bertz CT molecular complexity index is 829. The Morgan fingerprint density at radius 3 is 1.81 bits per heavy atom. The molecule has 0 saturated heterocycles. The van der Waals surface area contributed by atoms with E-state index in [4.69, 9.17) is 0 Å². The fourth-order valence-corrected chi connectivity index (χ4v) is 4.26. The van der Waals surface area contributed by atoms with Crippen LogP contribution in [0.4, 0.5) is 48.3 Å². The molecule has 1 aromatic rings. The molecule has 2 nitrogen and oxygen atoms in total. The summed E-state index contributed by atoms with van der Waals surface area (Å²) >= 11 is 0. The van der Waals surface area contributed by atoms with Crippen molar-refractivity contribution in [3.8, 4) is 0 Å². The maximum absolute atomic E-state index is 14.2. The predicted molar refractivity (Wildman–Crippen MR) is 112 cm³/mol. The largest absolute Gasteiger partial charge is 0.462 e. The van der Waals surface area contributed by atoms with Crippen LogP contribution in [-0.2, 0) is 16.1 Å². The molecule has 0 radical (unpaired) electrons. The fraction of sp³-hybridized carbons (Fsp3) is 0.750. The predicted octanol–water partition coefficient (Wildman–Crippen LogP) is 9.09. The molecule has 0 bridgehead atoms. The first-order valence-electron chi connectivity index (χ1n) is 11.9. The summed E-state index contributed by atoms with van der Waals surface area (Å²) in [5.74, 6) is -11.8. The van der Waals surface area contributed by atoms with Crippen LogP contribution >= 0.6 is 0 Å². The lowest BCUT2D eigenvalue weighted by Gasteiger charge is -2.34. The van der Waals surface area contributed by atoms with Gasteiger partial charge in [-0.15, -0.1) is 0 Å². The van der Waals surface area contributed by atoms with Crippen LogP contribution in [0.15, 0.2) is 24.3 Å². The van der Waals surface area contributed by atoms with Gasteiger partial charge in [0.15, 0.2) is 0 Å². The third-order valence-electron chi connectivity index (χ3n) is 6.51. The van der Waals surface area contributed by atoms with Crippen LogP contribution in [0.5, 0.6) is 0 Å². The van der Waals surface area contributed by atoms with Crippen LogP contribution < -0.4 is 0 Å². The van der Waals surface area contributed by atoms with E-state index >= 15 is 0 Å². The highest BCUT2D eigenvalue weighted by atomic mass is 19.4. The quantitative estimate of drug-likeness (QED) is 0.188. The fourth-order valence-electron chi connectivity index (χ4n) is 4.26. The first-order valence-corrected chi connectivity index (χ1v) is 11.9. The molecule has 2 rings (SSSR count). The number of alkyl halides is 11. The molecule has 0 aromatic heterocycles. The van der Waals surface area contributed by atoms with Crippen molar-refractivity contribution in [2.24, 2.45) is 5.92 Å². The highest BCUT2D eigenvalue weighted by Crippen LogP contribution is 2.51. The average Bonchev–Trinajstić information content (AvgIpc) is 2.78. The second kappa shape index (κ2) is 12.0. The van der Waals surface area contributed by atoms with E-state index < -0.39 is 43.5 Å². The molecule has 37 heavy (non-hydrogen) atoms. The maximum atomic E-state index is 14.2. The van der Waals surface area contributed by atoms with Crippen molar-refractivity contribution in [2.45, 2.75) is 101 Å². The van der Waals surface area contributed by atoms with Crippen LogP contribution in [0.2, 0.25) is 0 Å². The zero-order chi connectivity index (χ0) is 28.1. The molecular formula is C24H29F11O2. The number of benzene rings is 1. The Labute approximate surface area is 207 Å². The van der Waals surface area contributed by atoms with E-state index in [9.17, 15) is 48.3 Å². The van der Waals surface area contributed by atoms with Crippen molar-refractivity contribution >= 4 is 0 Å². The minimum atomic E-state index is -7.09. The molecule has 0 spiro atoms. The van der Waals surface area contributed by atoms with Crippen LogP contribution in [0.1, 0.15) is 75.3 Å². The van der Waals surface area contributed by atoms with Crippen molar-refractivity contribution in [3.63, 3.8) is 0 Å². The first kappa shape index (κ1) is 31.6. The molecule has 1 aliphatic carbocycles. The highest BCUT2D eigenvalue weighted by Gasteiger charge is 2.78. The van der Waals surface area contributed by atoms with Gasteiger partial charge in [0.2, 0.25) is 0 Å². The molecule has 1 aliphatic rings. The molecule has 13 heteroatoms. The van der Waals surface area contributed by atoms with E-state index in [-0.39, 0.29) is 11.5 Å². The average molecular weight is 558 g/mol. The van der Waals surface area contributed by atoms with E-state index in [0.717, 1.165) is 37.7 Å². The van der Waals surface area contributed by atoms with Crippen molar-refractivity contribution in [1.82, 2.24) is 0 Å². The van der Waals surface area contributed by atoms with Gasteiger partial charge >= 0.3 is 30.2 Å². The van der Waals surface area contributed by atoms with Gasteiger partial charge in [-0.2, -0.15) is 48.3 Å². The summed E-state index contributed by atoms with van der Waals surface area (Å²) in [4.78, 5) is 0. The number of unbranched alkanes of at least 4 members (excludes halogenated alkanes) is 2. The zero-order valence-corrected chi connectivity index (χ0v) is 20.0. The summed E-state index contributed by atoms with van der Waals surface area (Å²) in [6.45, 7) is -1.03. The standard InChI is InChI=1S/C24H29F11O2/c1-2-3-4-5-16-6-10-18(11-7-16)19-12-8-17(9-13-19)14-36-15-20(25,22(28,29)30)37-24(34,35)21(26,27)23(31,32)33/h8-9,12-13,16,18H,2-7,10-11,14-15H2,1H3. The van der Waals surface area contributed by atoms with Crippen molar-refractivity contribution in [3.05, 3.63) is 35.4 Å². The monoisotopic (exact) mass is 558 g/mol. The van der Waals surface area contributed by atoms with Gasteiger partial charge in [-0.25, -0.2) is 0 Å². The lowest BCUT2D eigenvalue weighted by molar-refractivity contribution is -0.486. The van der Waals surface area contributed by atoms with E-state index in [2.05, 4.69) is 16.4 Å². The third-order valence-corrected chi connectivity index (χ3v) is 6.51. The third kappa shape index (κ3) is 7.93. The molecular weight excluding hydrogens is 529 g/mol. The van der Waals surface area contributed by atoms with E-state index in [1.807, 2.05) is 0 Å². The second-order valence-corrected chi connectivity index (χ2v) is 9.37. The van der Waals surface area contributed by atoms with Crippen LogP contribution in [0.3, 0.4) is 0 Å². The van der Waals surface area contributed by atoms with E-state index in [0.29, 0.717) is 5.92 Å². The molecule has 214 valence electrons. The molecule has 0 aliphatic heterocycles. The first-order chi connectivity index (χ1) is 16.9. The molecule has 1 unspecified atom stereocenters. The number of ether oxygens (including phenoxy) is 2. The Morgan fingerprint density at radius 2 is 1.32 bits per heavy atom. The molecule has 1 fully saturated rings. The lowest BCUT2D eigenvalue weighted by atomic mass is 9.77. The van der Waals surface area contributed by atoms with Crippen molar-refractivity contribution < 1.29 is 57.8 Å². The summed E-state index contributed by atoms with van der Waals surface area (Å²) < 4.78 is 149. The summed E-state index contributed by atoms with van der Waals surface area (Å²) in [5, 5.41) is 0. The number of rotatable bonds is 12. The van der Waals surface area contributed by atoms with Gasteiger partial charge in [0.05, 0.1) is 6.61 Å². The second-order valence-electron chi connectivity index (χ2n) is 9.37. The molecule has 1 aromatic carbocycles. The molecule has 0 amide bonds. The van der Waals surface area contributed by atoms with Crippen LogP contribution in [0, 0.1) is 5.92 Å². The van der Waals surface area contributed by atoms with Gasteiger partial charge in [0.25, 0.3) is 0 Å². The van der Waals surface area contributed by atoms with Gasteiger partial charge in [-0.1, -0.05) is 56.9 Å². The molecule has 0 N–H and O–H groups in total. The van der Waals surface area contributed by atoms with Crippen molar-refractivity contribution in [2.75, 3.05) is 6.61 Å². The topological polar surface area (TPSA) is 18.5 Å². The Hall–Kier alpha value is -1.63. The van der Waals surface area contributed by atoms with Gasteiger partial charge in [-0.3, -0.25) is 4.74 Å². The summed E-state index contributed by atoms with van der Waals surface area (Å²) in [5.41, 5.74) is 1.18. The van der Waals surface area contributed by atoms with E-state index in [1.165, 1.54) is 31.4 Å². The summed E-state index contributed by atoms with van der Waals surface area (Å²) in [7, 11) is 0. The number of halogens is 11. The summed E-state index contributed by atoms with van der Waals surface area (Å²) in [6, 6.07) is 6.32. The van der Waals surface area contributed by atoms with Gasteiger partial charge < -0.3 is 4.74 Å². The minimum absolute atomic E-state index is 0.203. The Balaban J connectivity index is 1.96. The Kier molecular flexibility index (Phi) is 10.3. The Morgan fingerprint density at radius 1 is 0.757 bits per heavy atom. The van der Waals surface area contributed by atoms with Crippen LogP contribution in [0.25, 0.3) is 0 Å². The smallest absolute Gasteiger partial charge is 0.370 e. The van der Waals surface area contributed by atoms with E-state index in [1.54, 1.807) is 12.1 Å². The maximum Gasteiger partial charge on any atom is 0.462 e. The number of hydrogen-bond acceptors (Lipinski definition) is 2. The van der Waals surface area contributed by atoms with Crippen molar-refractivity contribution in [1.29, 1.82) is 0 Å². The molecule has 0 heterocycles. The van der Waals surface area contributed by atoms with Gasteiger partial charge in [0.1, 0.15) is 6.61 Å². The number of hydrogen-bond donors (Lipinski definition) is 0.